The summed E-state index contributed by atoms with van der Waals surface area (Å²) in [6.07, 6.45) is 1.29. The molecule has 3 N–H and O–H groups in total. The average molecular weight is 288 g/mol. The SMILES string of the molecule is Cc1cc(Br)c(F)c(-c2cn[nH]c2N)c1F. The molecule has 0 saturated carbocycles. The fourth-order valence-electron chi connectivity index (χ4n) is 1.46. The summed E-state index contributed by atoms with van der Waals surface area (Å²) in [5, 5.41) is 6.08. The molecule has 0 aliphatic heterocycles. The highest BCUT2D eigenvalue weighted by Gasteiger charge is 2.19. The Hall–Kier alpha value is -1.43. The standard InChI is InChI=1S/C10H8BrF2N3/c1-4-2-6(11)9(13)7(8(4)12)5-3-15-16-10(5)14/h2-3H,1H3,(H3,14,15,16). The highest BCUT2D eigenvalue weighted by atomic mass is 79.9. The number of rotatable bonds is 1. The van der Waals surface area contributed by atoms with Gasteiger partial charge in [0.2, 0.25) is 0 Å². The van der Waals surface area contributed by atoms with Crippen LogP contribution in [-0.2, 0) is 0 Å². The van der Waals surface area contributed by atoms with Crippen molar-refractivity contribution in [2.24, 2.45) is 0 Å². The predicted molar refractivity (Wildman–Crippen MR) is 60.8 cm³/mol. The monoisotopic (exact) mass is 287 g/mol. The van der Waals surface area contributed by atoms with E-state index in [1.54, 1.807) is 6.92 Å². The zero-order valence-corrected chi connectivity index (χ0v) is 9.90. The van der Waals surface area contributed by atoms with E-state index in [9.17, 15) is 8.78 Å². The second-order valence-corrected chi connectivity index (χ2v) is 4.23. The summed E-state index contributed by atoms with van der Waals surface area (Å²) in [6, 6.07) is 1.38. The van der Waals surface area contributed by atoms with Gasteiger partial charge in [0.25, 0.3) is 0 Å². The van der Waals surface area contributed by atoms with E-state index in [0.717, 1.165) is 0 Å². The third-order valence-electron chi connectivity index (χ3n) is 2.28. The number of aromatic nitrogens is 2. The van der Waals surface area contributed by atoms with Crippen molar-refractivity contribution < 1.29 is 8.78 Å². The second kappa shape index (κ2) is 3.86. The Kier molecular flexibility index (Phi) is 2.67. The molecule has 0 spiro atoms. The Morgan fingerprint density at radius 2 is 2.06 bits per heavy atom. The number of hydrogen-bond acceptors (Lipinski definition) is 2. The average Bonchev–Trinajstić information content (AvgIpc) is 2.63. The summed E-state index contributed by atoms with van der Waals surface area (Å²) in [6.45, 7) is 1.55. The Balaban J connectivity index is 2.79. The molecule has 2 aromatic rings. The summed E-state index contributed by atoms with van der Waals surface area (Å²) in [5.74, 6) is -1.18. The lowest BCUT2D eigenvalue weighted by molar-refractivity contribution is 0.580. The molecule has 1 heterocycles. The number of benzene rings is 1. The van der Waals surface area contributed by atoms with Crippen LogP contribution in [0.5, 0.6) is 0 Å². The van der Waals surface area contributed by atoms with Crippen LogP contribution in [0.3, 0.4) is 0 Å². The van der Waals surface area contributed by atoms with Crippen LogP contribution in [0.4, 0.5) is 14.6 Å². The molecule has 0 bridgehead atoms. The van der Waals surface area contributed by atoms with Gasteiger partial charge in [0.1, 0.15) is 17.5 Å². The quantitative estimate of drug-likeness (QED) is 0.792. The summed E-state index contributed by atoms with van der Waals surface area (Å²) < 4.78 is 27.8. The number of aromatic amines is 1. The molecule has 6 heteroatoms. The highest BCUT2D eigenvalue weighted by Crippen LogP contribution is 2.34. The first-order valence-corrected chi connectivity index (χ1v) is 5.25. The maximum atomic E-state index is 13.8. The van der Waals surface area contributed by atoms with E-state index < -0.39 is 11.6 Å². The van der Waals surface area contributed by atoms with Gasteiger partial charge in [-0.1, -0.05) is 0 Å². The molecule has 0 fully saturated rings. The van der Waals surface area contributed by atoms with Gasteiger partial charge < -0.3 is 5.73 Å². The zero-order chi connectivity index (χ0) is 11.9. The van der Waals surface area contributed by atoms with Crippen LogP contribution in [0, 0.1) is 18.6 Å². The van der Waals surface area contributed by atoms with Crippen molar-refractivity contribution in [3.8, 4) is 11.1 Å². The topological polar surface area (TPSA) is 54.7 Å². The number of nitrogens with zero attached hydrogens (tertiary/aromatic N) is 1. The van der Waals surface area contributed by atoms with Gasteiger partial charge in [0.15, 0.2) is 0 Å². The molecule has 0 aliphatic carbocycles. The largest absolute Gasteiger partial charge is 0.384 e. The molecule has 0 saturated heterocycles. The van der Waals surface area contributed by atoms with Gasteiger partial charge in [-0.15, -0.1) is 0 Å². The number of hydrogen-bond donors (Lipinski definition) is 2. The lowest BCUT2D eigenvalue weighted by atomic mass is 10.0. The number of aryl methyl sites for hydroxylation is 1. The fourth-order valence-corrected chi connectivity index (χ4v) is 2.00. The van der Waals surface area contributed by atoms with E-state index in [-0.39, 0.29) is 21.4 Å². The van der Waals surface area contributed by atoms with Crippen molar-refractivity contribution in [1.29, 1.82) is 0 Å². The lowest BCUT2D eigenvalue weighted by Gasteiger charge is -2.08. The molecule has 0 unspecified atom stereocenters. The minimum Gasteiger partial charge on any atom is -0.384 e. The summed E-state index contributed by atoms with van der Waals surface area (Å²) in [5.41, 5.74) is 5.93. The maximum absolute atomic E-state index is 13.8. The molecular weight excluding hydrogens is 280 g/mol. The van der Waals surface area contributed by atoms with Crippen LogP contribution in [-0.4, -0.2) is 10.2 Å². The van der Waals surface area contributed by atoms with Crippen LogP contribution in [0.2, 0.25) is 0 Å². The van der Waals surface area contributed by atoms with E-state index >= 15 is 0 Å². The van der Waals surface area contributed by atoms with E-state index in [4.69, 9.17) is 5.73 Å². The van der Waals surface area contributed by atoms with Gasteiger partial charge in [-0.2, -0.15) is 5.10 Å². The minimum absolute atomic E-state index is 0.135. The third-order valence-corrected chi connectivity index (χ3v) is 2.85. The minimum atomic E-state index is -0.684. The normalized spacial score (nSPS) is 10.8. The number of nitrogens with one attached hydrogen (secondary N) is 1. The number of nitrogen functional groups attached to an aromatic ring is 1. The maximum Gasteiger partial charge on any atom is 0.148 e. The van der Waals surface area contributed by atoms with Gasteiger partial charge in [-0.3, -0.25) is 5.10 Å². The number of H-pyrrole nitrogens is 1. The van der Waals surface area contributed by atoms with E-state index in [1.807, 2.05) is 0 Å². The first-order valence-electron chi connectivity index (χ1n) is 4.45. The Bertz CT molecular complexity index is 525. The number of nitrogens with two attached hydrogens (primary N) is 1. The predicted octanol–water partition coefficient (Wildman–Crippen LogP) is 3.01. The molecule has 3 nitrogen and oxygen atoms in total. The number of anilines is 1. The van der Waals surface area contributed by atoms with Crippen molar-refractivity contribution in [1.82, 2.24) is 10.2 Å². The van der Waals surface area contributed by atoms with E-state index in [2.05, 4.69) is 26.1 Å². The first-order chi connectivity index (χ1) is 7.52. The van der Waals surface area contributed by atoms with E-state index in [1.165, 1.54) is 12.3 Å². The van der Waals surface area contributed by atoms with Crippen LogP contribution in [0.1, 0.15) is 5.56 Å². The molecular formula is C10H8BrF2N3. The molecule has 1 aromatic carbocycles. The van der Waals surface area contributed by atoms with Crippen LogP contribution >= 0.6 is 15.9 Å². The van der Waals surface area contributed by atoms with Gasteiger partial charge in [-0.05, 0) is 34.5 Å². The summed E-state index contributed by atoms with van der Waals surface area (Å²) >= 11 is 3.03. The molecule has 0 atom stereocenters. The third kappa shape index (κ3) is 1.59. The van der Waals surface area contributed by atoms with Crippen LogP contribution in [0.25, 0.3) is 11.1 Å². The molecule has 2 rings (SSSR count). The smallest absolute Gasteiger partial charge is 0.148 e. The molecule has 84 valence electrons. The van der Waals surface area contributed by atoms with Crippen molar-refractivity contribution in [2.75, 3.05) is 5.73 Å². The van der Waals surface area contributed by atoms with Crippen molar-refractivity contribution >= 4 is 21.7 Å². The number of halogens is 3. The first kappa shape index (κ1) is 11.1. The lowest BCUT2D eigenvalue weighted by Crippen LogP contribution is -1.97. The molecule has 16 heavy (non-hydrogen) atoms. The Morgan fingerprint density at radius 1 is 1.38 bits per heavy atom. The summed E-state index contributed by atoms with van der Waals surface area (Å²) in [4.78, 5) is 0. The van der Waals surface area contributed by atoms with Gasteiger partial charge >= 0.3 is 0 Å². The van der Waals surface area contributed by atoms with Crippen molar-refractivity contribution in [3.63, 3.8) is 0 Å². The van der Waals surface area contributed by atoms with Crippen molar-refractivity contribution in [3.05, 3.63) is 33.9 Å². The molecule has 0 radical (unpaired) electrons. The second-order valence-electron chi connectivity index (χ2n) is 3.38. The van der Waals surface area contributed by atoms with Gasteiger partial charge in [-0.25, -0.2) is 8.78 Å². The van der Waals surface area contributed by atoms with Crippen LogP contribution in [0.15, 0.2) is 16.7 Å². The van der Waals surface area contributed by atoms with Crippen molar-refractivity contribution in [2.45, 2.75) is 6.92 Å². The highest BCUT2D eigenvalue weighted by molar-refractivity contribution is 9.10. The Labute approximate surface area is 98.8 Å². The van der Waals surface area contributed by atoms with Crippen LogP contribution < -0.4 is 5.73 Å². The zero-order valence-electron chi connectivity index (χ0n) is 8.31. The Morgan fingerprint density at radius 3 is 2.62 bits per heavy atom. The van der Waals surface area contributed by atoms with Gasteiger partial charge in [0, 0.05) is 5.56 Å². The molecule has 0 amide bonds. The molecule has 1 aromatic heterocycles. The van der Waals surface area contributed by atoms with E-state index in [0.29, 0.717) is 5.56 Å². The van der Waals surface area contributed by atoms with Gasteiger partial charge in [0.05, 0.1) is 16.2 Å². The fraction of sp³-hybridized carbons (Fsp3) is 0.100. The molecule has 0 aliphatic rings. The summed E-state index contributed by atoms with van der Waals surface area (Å²) in [7, 11) is 0.